The van der Waals surface area contributed by atoms with Crippen LogP contribution in [0.15, 0.2) is 36.4 Å². The zero-order chi connectivity index (χ0) is 18.7. The highest BCUT2D eigenvalue weighted by molar-refractivity contribution is 6.17. The van der Waals surface area contributed by atoms with E-state index in [4.69, 9.17) is 11.6 Å². The fourth-order valence-electron chi connectivity index (χ4n) is 3.07. The van der Waals surface area contributed by atoms with E-state index in [0.29, 0.717) is 44.0 Å². The maximum Gasteiger partial charge on any atom is 0.272 e. The molecule has 1 fully saturated rings. The van der Waals surface area contributed by atoms with Crippen molar-refractivity contribution in [2.24, 2.45) is 0 Å². The number of nitrogens with zero attached hydrogens (tertiary/aromatic N) is 3. The van der Waals surface area contributed by atoms with Gasteiger partial charge in [-0.15, -0.1) is 11.6 Å². The Morgan fingerprint density at radius 1 is 1.04 bits per heavy atom. The lowest BCUT2D eigenvalue weighted by Crippen LogP contribution is -2.46. The van der Waals surface area contributed by atoms with Gasteiger partial charge in [-0.3, -0.25) is 15.0 Å². The predicted molar refractivity (Wildman–Crippen MR) is 96.5 cm³/mol. The Hall–Kier alpha value is -2.25. The minimum atomic E-state index is -0.612. The Morgan fingerprint density at radius 3 is 2.35 bits per heavy atom. The van der Waals surface area contributed by atoms with Gasteiger partial charge in [0.15, 0.2) is 5.82 Å². The number of hydrogen-bond acceptors (Lipinski definition) is 4. The number of non-ortho nitro benzene ring substituents is 1. The molecular formula is C18H18ClF2N3O2. The van der Waals surface area contributed by atoms with Crippen LogP contribution in [0.25, 0.3) is 0 Å². The number of alkyl halides is 1. The van der Waals surface area contributed by atoms with Gasteiger partial charge in [-0.1, -0.05) is 12.1 Å². The number of nitro benzene ring substituents is 1. The van der Waals surface area contributed by atoms with Crippen molar-refractivity contribution in [3.8, 4) is 0 Å². The molecule has 5 nitrogen and oxygen atoms in total. The van der Waals surface area contributed by atoms with E-state index in [2.05, 4.69) is 4.90 Å². The first kappa shape index (κ1) is 18.5. The van der Waals surface area contributed by atoms with Crippen LogP contribution >= 0.6 is 11.6 Å². The van der Waals surface area contributed by atoms with Crippen LogP contribution in [0.2, 0.25) is 0 Å². The van der Waals surface area contributed by atoms with Crippen LogP contribution in [0.3, 0.4) is 0 Å². The molecule has 1 saturated heterocycles. The molecule has 0 saturated carbocycles. The summed E-state index contributed by atoms with van der Waals surface area (Å²) in [5.41, 5.74) is 1.46. The van der Waals surface area contributed by atoms with Gasteiger partial charge in [-0.2, -0.15) is 0 Å². The molecule has 0 aliphatic carbocycles. The average molecular weight is 382 g/mol. The summed E-state index contributed by atoms with van der Waals surface area (Å²) in [5.74, 6) is -0.749. The van der Waals surface area contributed by atoms with E-state index in [-0.39, 0.29) is 17.4 Å². The summed E-state index contributed by atoms with van der Waals surface area (Å²) in [6.07, 6.45) is 0. The van der Waals surface area contributed by atoms with E-state index in [9.17, 15) is 18.9 Å². The maximum atomic E-state index is 14.1. The molecule has 0 atom stereocenters. The van der Waals surface area contributed by atoms with Crippen molar-refractivity contribution < 1.29 is 13.7 Å². The van der Waals surface area contributed by atoms with E-state index >= 15 is 0 Å². The van der Waals surface area contributed by atoms with Crippen LogP contribution in [0.5, 0.6) is 0 Å². The lowest BCUT2D eigenvalue weighted by molar-refractivity contribution is -0.385. The number of anilines is 1. The Bertz CT molecular complexity index is 811. The summed E-state index contributed by atoms with van der Waals surface area (Å²) >= 11 is 5.67. The molecule has 0 amide bonds. The van der Waals surface area contributed by atoms with Crippen molar-refractivity contribution >= 4 is 23.0 Å². The molecule has 1 aliphatic rings. The monoisotopic (exact) mass is 381 g/mol. The molecule has 2 aromatic carbocycles. The zero-order valence-electron chi connectivity index (χ0n) is 14.0. The predicted octanol–water partition coefficient (Wildman–Crippen LogP) is 3.93. The standard InChI is InChI=1S/C18H18ClF2N3O2/c19-11-14-2-1-13(9-16(14)20)12-22-5-7-23(8-6-22)18-4-3-15(24(25)26)10-17(18)21/h1-4,9-10H,5-8,11-12H2. The molecular weight excluding hydrogens is 364 g/mol. The summed E-state index contributed by atoms with van der Waals surface area (Å²) < 4.78 is 28.0. The van der Waals surface area contributed by atoms with Gasteiger partial charge in [0.1, 0.15) is 5.82 Å². The second-order valence-corrected chi connectivity index (χ2v) is 6.48. The Labute approximate surface area is 154 Å². The van der Waals surface area contributed by atoms with Crippen LogP contribution in [0.1, 0.15) is 11.1 Å². The van der Waals surface area contributed by atoms with E-state index < -0.39 is 10.7 Å². The van der Waals surface area contributed by atoms with Gasteiger partial charge in [0.05, 0.1) is 22.6 Å². The van der Waals surface area contributed by atoms with Crippen LogP contribution < -0.4 is 4.90 Å². The van der Waals surface area contributed by atoms with Gasteiger partial charge in [0.2, 0.25) is 0 Å². The van der Waals surface area contributed by atoms with E-state index in [1.165, 1.54) is 18.2 Å². The van der Waals surface area contributed by atoms with Crippen LogP contribution in [-0.2, 0) is 12.4 Å². The molecule has 26 heavy (non-hydrogen) atoms. The largest absolute Gasteiger partial charge is 0.367 e. The molecule has 3 rings (SSSR count). The van der Waals surface area contributed by atoms with Crippen LogP contribution in [0, 0.1) is 21.7 Å². The molecule has 2 aromatic rings. The van der Waals surface area contributed by atoms with Crippen molar-refractivity contribution in [1.82, 2.24) is 4.90 Å². The number of piperazine rings is 1. The van der Waals surface area contributed by atoms with Gasteiger partial charge < -0.3 is 4.90 Å². The van der Waals surface area contributed by atoms with Crippen LogP contribution in [-0.4, -0.2) is 36.0 Å². The Kier molecular flexibility index (Phi) is 5.68. The first-order valence-electron chi connectivity index (χ1n) is 8.22. The molecule has 138 valence electrons. The van der Waals surface area contributed by atoms with Gasteiger partial charge in [-0.25, -0.2) is 8.78 Å². The fraction of sp³-hybridized carbons (Fsp3) is 0.333. The summed E-state index contributed by atoms with van der Waals surface area (Å²) in [4.78, 5) is 14.1. The van der Waals surface area contributed by atoms with Crippen molar-refractivity contribution in [1.29, 1.82) is 0 Å². The second-order valence-electron chi connectivity index (χ2n) is 6.22. The molecule has 8 heteroatoms. The lowest BCUT2D eigenvalue weighted by Gasteiger charge is -2.36. The van der Waals surface area contributed by atoms with Gasteiger partial charge in [0.25, 0.3) is 5.69 Å². The third kappa shape index (κ3) is 4.11. The van der Waals surface area contributed by atoms with Gasteiger partial charge in [0, 0.05) is 44.4 Å². The smallest absolute Gasteiger partial charge is 0.272 e. The molecule has 0 bridgehead atoms. The Balaban J connectivity index is 1.61. The van der Waals surface area contributed by atoms with Crippen LogP contribution in [0.4, 0.5) is 20.2 Å². The number of benzene rings is 2. The van der Waals surface area contributed by atoms with Crippen molar-refractivity contribution in [3.05, 3.63) is 69.3 Å². The highest BCUT2D eigenvalue weighted by Crippen LogP contribution is 2.25. The molecule has 0 radical (unpaired) electrons. The molecule has 0 aromatic heterocycles. The first-order valence-corrected chi connectivity index (χ1v) is 8.76. The second kappa shape index (κ2) is 7.97. The minimum absolute atomic E-state index is 0.144. The highest BCUT2D eigenvalue weighted by Gasteiger charge is 2.21. The molecule has 1 heterocycles. The van der Waals surface area contributed by atoms with E-state index in [0.717, 1.165) is 11.6 Å². The number of nitro groups is 1. The number of hydrogen-bond donors (Lipinski definition) is 0. The number of halogens is 3. The first-order chi connectivity index (χ1) is 12.5. The lowest BCUT2D eigenvalue weighted by atomic mass is 10.1. The molecule has 1 aliphatic heterocycles. The molecule has 0 N–H and O–H groups in total. The Morgan fingerprint density at radius 2 is 1.77 bits per heavy atom. The van der Waals surface area contributed by atoms with Crippen molar-refractivity contribution in [2.75, 3.05) is 31.1 Å². The SMILES string of the molecule is O=[N+]([O-])c1ccc(N2CCN(Cc3ccc(CCl)c(F)c3)CC2)c(F)c1. The summed E-state index contributed by atoms with van der Waals surface area (Å²) in [6.45, 7) is 3.18. The van der Waals surface area contributed by atoms with Gasteiger partial charge in [-0.05, 0) is 17.7 Å². The van der Waals surface area contributed by atoms with Crippen molar-refractivity contribution in [3.63, 3.8) is 0 Å². The zero-order valence-corrected chi connectivity index (χ0v) is 14.8. The quantitative estimate of drug-likeness (QED) is 0.447. The number of rotatable bonds is 5. The normalized spacial score (nSPS) is 15.3. The minimum Gasteiger partial charge on any atom is -0.367 e. The molecule has 0 spiro atoms. The third-order valence-electron chi connectivity index (χ3n) is 4.52. The van der Waals surface area contributed by atoms with Crippen molar-refractivity contribution in [2.45, 2.75) is 12.4 Å². The third-order valence-corrected chi connectivity index (χ3v) is 4.81. The summed E-state index contributed by atoms with van der Waals surface area (Å²) in [5, 5.41) is 10.7. The average Bonchev–Trinajstić information content (AvgIpc) is 2.62. The summed E-state index contributed by atoms with van der Waals surface area (Å²) in [7, 11) is 0. The van der Waals surface area contributed by atoms with E-state index in [1.807, 2.05) is 11.0 Å². The summed E-state index contributed by atoms with van der Waals surface area (Å²) in [6, 6.07) is 8.77. The molecule has 0 unspecified atom stereocenters. The highest BCUT2D eigenvalue weighted by atomic mass is 35.5. The fourth-order valence-corrected chi connectivity index (χ4v) is 3.29. The van der Waals surface area contributed by atoms with Gasteiger partial charge >= 0.3 is 0 Å². The maximum absolute atomic E-state index is 14.1. The van der Waals surface area contributed by atoms with E-state index in [1.54, 1.807) is 6.07 Å². The topological polar surface area (TPSA) is 49.6 Å².